The highest BCUT2D eigenvalue weighted by atomic mass is 16.1. The average Bonchev–Trinajstić information content (AvgIpc) is 3.43. The average molecular weight is 1000 g/mol. The quantitative estimate of drug-likeness (QED) is 0.141. The third-order valence-electron chi connectivity index (χ3n) is 14.6. The molecule has 16 rings (SSSR count). The zero-order valence-electron chi connectivity index (χ0n) is 47.3. The Bertz CT molecular complexity index is 1740. The lowest BCUT2D eigenvalue weighted by atomic mass is 9.84. The second-order valence-electron chi connectivity index (χ2n) is 21.5. The molecule has 4 aromatic rings. The summed E-state index contributed by atoms with van der Waals surface area (Å²) >= 11 is 0. The van der Waals surface area contributed by atoms with Gasteiger partial charge in [-0.15, -0.1) is 0 Å². The van der Waals surface area contributed by atoms with Gasteiger partial charge in [-0.1, -0.05) is 154 Å². The van der Waals surface area contributed by atoms with E-state index in [0.29, 0.717) is 29.8 Å². The van der Waals surface area contributed by atoms with Gasteiger partial charge < -0.3 is 36.4 Å². The summed E-state index contributed by atoms with van der Waals surface area (Å²) in [5, 5.41) is 11.0. The van der Waals surface area contributed by atoms with Crippen molar-refractivity contribution < 1.29 is 4.79 Å². The van der Waals surface area contributed by atoms with E-state index in [9.17, 15) is 4.79 Å². The SMILES string of the molecule is CCC.CCC.CCC.CCC.Nc1ccccc1.O=C1CN2CCC1CC2.c1ccc(N[C@H]2CN3CCC2CC3)cc1.c1ccc(N[C@H]2CN3CCC2CC3)cc1.c1ccc(N[C@H]2CN3CCC2CC3)cc1. The van der Waals surface area contributed by atoms with E-state index in [2.05, 4.69) is 182 Å². The number of nitrogens with zero attached hydrogens (tertiary/aromatic N) is 4. The fraction of sp³-hybridized carbons (Fsp3) is 0.609. The number of carbonyl (C=O) groups is 1. The first-order valence-corrected chi connectivity index (χ1v) is 29.3. The molecule has 12 heterocycles. The Hall–Kier alpha value is -4.41. The Morgan fingerprint density at radius 3 is 0.795 bits per heavy atom. The number of nitrogens with two attached hydrogens (primary N) is 1. The van der Waals surface area contributed by atoms with E-state index in [1.54, 1.807) is 0 Å². The van der Waals surface area contributed by atoms with E-state index in [1.165, 1.54) is 140 Å². The minimum Gasteiger partial charge on any atom is -0.399 e. The van der Waals surface area contributed by atoms with Gasteiger partial charge in [-0.05, 0) is 170 Å². The number of rotatable bonds is 6. The molecule has 9 nitrogen and oxygen atoms in total. The second-order valence-corrected chi connectivity index (χ2v) is 21.5. The van der Waals surface area contributed by atoms with Crippen molar-refractivity contribution in [1.29, 1.82) is 0 Å². The monoisotopic (exact) mass is 1000 g/mol. The van der Waals surface area contributed by atoms with Crippen LogP contribution in [0, 0.1) is 23.7 Å². The highest BCUT2D eigenvalue weighted by molar-refractivity contribution is 5.84. The lowest BCUT2D eigenvalue weighted by Crippen LogP contribution is -2.53. The Balaban J connectivity index is 0.000000191. The van der Waals surface area contributed by atoms with Crippen LogP contribution in [0.1, 0.15) is 132 Å². The van der Waals surface area contributed by atoms with Gasteiger partial charge in [0.1, 0.15) is 5.78 Å². The van der Waals surface area contributed by atoms with Crippen LogP contribution < -0.4 is 21.7 Å². The summed E-state index contributed by atoms with van der Waals surface area (Å²) in [5.74, 6) is 3.61. The van der Waals surface area contributed by atoms with E-state index in [-0.39, 0.29) is 0 Å². The third-order valence-corrected chi connectivity index (χ3v) is 14.6. The lowest BCUT2D eigenvalue weighted by molar-refractivity contribution is -0.130. The first-order chi connectivity index (χ1) is 35.7. The summed E-state index contributed by atoms with van der Waals surface area (Å²) in [7, 11) is 0. The molecule has 0 spiro atoms. The zero-order valence-corrected chi connectivity index (χ0v) is 47.3. The number of carbonyl (C=O) groups excluding carboxylic acids is 1. The van der Waals surface area contributed by atoms with Crippen molar-refractivity contribution >= 4 is 28.5 Å². The molecular formula is C64H104N8O. The van der Waals surface area contributed by atoms with Crippen LogP contribution in [0.3, 0.4) is 0 Å². The van der Waals surface area contributed by atoms with Gasteiger partial charge in [-0.2, -0.15) is 0 Å². The third kappa shape index (κ3) is 23.4. The fourth-order valence-corrected chi connectivity index (χ4v) is 10.8. The summed E-state index contributed by atoms with van der Waals surface area (Å²) in [6.07, 6.45) is 15.5. The van der Waals surface area contributed by atoms with Crippen molar-refractivity contribution in [2.45, 2.75) is 151 Å². The fourth-order valence-electron chi connectivity index (χ4n) is 10.8. The Kier molecular flexibility index (Phi) is 30.6. The van der Waals surface area contributed by atoms with Crippen molar-refractivity contribution in [1.82, 2.24) is 19.6 Å². The van der Waals surface area contributed by atoms with Gasteiger partial charge in [0, 0.05) is 66.4 Å². The van der Waals surface area contributed by atoms with Crippen LogP contribution >= 0.6 is 0 Å². The molecule has 12 aliphatic heterocycles. The number of ketones is 1. The molecule has 12 fully saturated rings. The standard InChI is InChI=1S/3C13H18N2.C7H11NO.C6H7N.4C3H8/c3*1-2-4-12(5-3-1)14-13-10-15-8-6-11(13)7-9-15;9-7-5-8-3-1-6(7)2-4-8;7-6-4-2-1-3-5-6;4*1-3-2/h3*1-5,11,13-14H,6-10H2;6H,1-5H2;1-5H,7H2;4*3H2,1-2H3/t3*13-;;;;;;/m000....../s1. The minimum absolute atomic E-state index is 0.440. The summed E-state index contributed by atoms with van der Waals surface area (Å²) in [6, 6.07) is 43.3. The molecule has 5 N–H and O–H groups in total. The van der Waals surface area contributed by atoms with Crippen LogP contribution in [0.25, 0.3) is 0 Å². The Morgan fingerprint density at radius 1 is 0.384 bits per heavy atom. The van der Waals surface area contributed by atoms with Crippen molar-refractivity contribution in [3.05, 3.63) is 121 Å². The number of hydrogen-bond acceptors (Lipinski definition) is 9. The molecule has 9 heteroatoms. The molecule has 0 amide bonds. The maximum Gasteiger partial charge on any atom is 0.149 e. The summed E-state index contributed by atoms with van der Waals surface area (Å²) in [4.78, 5) is 21.0. The van der Waals surface area contributed by atoms with Crippen LogP contribution in [-0.2, 0) is 4.79 Å². The number of Topliss-reactive ketones (excluding diaryl/α,β-unsaturated/α-hetero) is 1. The summed E-state index contributed by atoms with van der Waals surface area (Å²) in [6.45, 7) is 31.7. The molecule has 0 aliphatic carbocycles. The number of hydrogen-bond donors (Lipinski definition) is 4. The predicted octanol–water partition coefficient (Wildman–Crippen LogP) is 13.8. The van der Waals surface area contributed by atoms with Gasteiger partial charge in [-0.3, -0.25) is 9.69 Å². The molecule has 0 saturated carbocycles. The van der Waals surface area contributed by atoms with E-state index in [1.807, 2.05) is 30.3 Å². The number of nitrogen functional groups attached to an aromatic ring is 1. The molecule has 4 aromatic carbocycles. The molecule has 0 unspecified atom stereocenters. The normalized spacial score (nSPS) is 27.9. The largest absolute Gasteiger partial charge is 0.399 e. The van der Waals surface area contributed by atoms with Crippen molar-refractivity contribution in [3.63, 3.8) is 0 Å². The number of piperidine rings is 12. The lowest BCUT2D eigenvalue weighted by Gasteiger charge is -2.45. The van der Waals surface area contributed by atoms with Crippen LogP contribution in [0.5, 0.6) is 0 Å². The number of benzene rings is 4. The first-order valence-electron chi connectivity index (χ1n) is 29.3. The minimum atomic E-state index is 0.440. The Morgan fingerprint density at radius 2 is 0.630 bits per heavy atom. The van der Waals surface area contributed by atoms with E-state index in [0.717, 1.165) is 55.9 Å². The van der Waals surface area contributed by atoms with Crippen LogP contribution in [-0.4, -0.2) is 122 Å². The maximum absolute atomic E-state index is 11.0. The molecule has 0 aromatic heterocycles. The summed E-state index contributed by atoms with van der Waals surface area (Å²) in [5.41, 5.74) is 10.0. The van der Waals surface area contributed by atoms with Gasteiger partial charge in [-0.25, -0.2) is 0 Å². The van der Waals surface area contributed by atoms with Crippen LogP contribution in [0.4, 0.5) is 22.7 Å². The highest BCUT2D eigenvalue weighted by Gasteiger charge is 2.36. The van der Waals surface area contributed by atoms with Crippen LogP contribution in [0.15, 0.2) is 121 Å². The molecule has 3 atom stereocenters. The number of nitrogens with one attached hydrogen (secondary N) is 3. The molecule has 406 valence electrons. The van der Waals surface area contributed by atoms with E-state index in [4.69, 9.17) is 5.73 Å². The van der Waals surface area contributed by atoms with E-state index >= 15 is 0 Å². The van der Waals surface area contributed by atoms with Gasteiger partial charge in [0.25, 0.3) is 0 Å². The van der Waals surface area contributed by atoms with Crippen LogP contribution in [0.2, 0.25) is 0 Å². The molecular weight excluding hydrogens is 897 g/mol. The second kappa shape index (κ2) is 36.5. The molecule has 8 bridgehead atoms. The van der Waals surface area contributed by atoms with Crippen molar-refractivity contribution in [2.24, 2.45) is 23.7 Å². The Labute approximate surface area is 446 Å². The number of para-hydroxylation sites is 4. The van der Waals surface area contributed by atoms with Gasteiger partial charge >= 0.3 is 0 Å². The number of fused-ring (bicyclic) bond motifs is 12. The molecule has 12 aliphatic rings. The zero-order chi connectivity index (χ0) is 52.5. The smallest absolute Gasteiger partial charge is 0.149 e. The van der Waals surface area contributed by atoms with Gasteiger partial charge in [0.05, 0.1) is 6.54 Å². The summed E-state index contributed by atoms with van der Waals surface area (Å²) < 4.78 is 0. The topological polar surface area (TPSA) is 92.1 Å². The molecule has 12 saturated heterocycles. The first kappa shape index (κ1) is 61.1. The number of anilines is 4. The predicted molar refractivity (Wildman–Crippen MR) is 318 cm³/mol. The molecule has 0 radical (unpaired) electrons. The van der Waals surface area contributed by atoms with Gasteiger partial charge in [0.15, 0.2) is 0 Å². The molecule has 73 heavy (non-hydrogen) atoms. The maximum atomic E-state index is 11.0. The van der Waals surface area contributed by atoms with Gasteiger partial charge in [0.2, 0.25) is 0 Å². The highest BCUT2D eigenvalue weighted by Crippen LogP contribution is 2.32. The van der Waals surface area contributed by atoms with E-state index < -0.39 is 0 Å². The van der Waals surface area contributed by atoms with Crippen molar-refractivity contribution in [2.75, 3.05) is 100 Å². The van der Waals surface area contributed by atoms with Crippen molar-refractivity contribution in [3.8, 4) is 0 Å².